The topological polar surface area (TPSA) is 41.1 Å². The number of rotatable bonds is 4. The molecule has 1 aliphatic rings. The first-order chi connectivity index (χ1) is 9.85. The van der Waals surface area contributed by atoms with E-state index in [2.05, 4.69) is 28.1 Å². The van der Waals surface area contributed by atoms with Crippen LogP contribution in [-0.4, -0.2) is 40.8 Å². The Labute approximate surface area is 120 Å². The maximum atomic E-state index is 6.17. The van der Waals surface area contributed by atoms with Gasteiger partial charge >= 0.3 is 0 Å². The van der Waals surface area contributed by atoms with Crippen LogP contribution in [0.2, 0.25) is 0 Å². The standard InChI is InChI=1S/C16H23N3O/c1-2-8-19-9-3-4-14(7-10-19)20-15-5-6-16-13(11-15)12-17-18-16/h5-6,11-12,14H,2-4,7-10H2,1H3,(H,17,18). The van der Waals surface area contributed by atoms with Crippen molar-refractivity contribution in [3.63, 3.8) is 0 Å². The number of nitrogens with zero attached hydrogens (tertiary/aromatic N) is 2. The molecule has 4 heteroatoms. The van der Waals surface area contributed by atoms with Gasteiger partial charge in [0, 0.05) is 11.9 Å². The second-order valence-electron chi connectivity index (χ2n) is 5.63. The first kappa shape index (κ1) is 13.4. The number of fused-ring (bicyclic) bond motifs is 1. The average Bonchev–Trinajstić information content (AvgIpc) is 2.81. The summed E-state index contributed by atoms with van der Waals surface area (Å²) in [5.74, 6) is 0.966. The molecule has 1 atom stereocenters. The Hall–Kier alpha value is -1.55. The van der Waals surface area contributed by atoms with Gasteiger partial charge < -0.3 is 9.64 Å². The molecule has 1 saturated heterocycles. The second kappa shape index (κ2) is 6.27. The lowest BCUT2D eigenvalue weighted by Crippen LogP contribution is -2.26. The van der Waals surface area contributed by atoms with Crippen molar-refractivity contribution in [2.24, 2.45) is 0 Å². The molecule has 2 heterocycles. The van der Waals surface area contributed by atoms with Crippen LogP contribution < -0.4 is 4.74 Å². The van der Waals surface area contributed by atoms with Gasteiger partial charge in [-0.15, -0.1) is 0 Å². The van der Waals surface area contributed by atoms with Crippen molar-refractivity contribution in [3.05, 3.63) is 24.4 Å². The fraction of sp³-hybridized carbons (Fsp3) is 0.562. The van der Waals surface area contributed by atoms with Crippen LogP contribution in [0.5, 0.6) is 5.75 Å². The normalized spacial score (nSPS) is 20.9. The van der Waals surface area contributed by atoms with Crippen LogP contribution in [-0.2, 0) is 0 Å². The lowest BCUT2D eigenvalue weighted by atomic mass is 10.1. The van der Waals surface area contributed by atoms with E-state index in [-0.39, 0.29) is 0 Å². The highest BCUT2D eigenvalue weighted by atomic mass is 16.5. The van der Waals surface area contributed by atoms with Crippen LogP contribution in [0.1, 0.15) is 32.6 Å². The van der Waals surface area contributed by atoms with Crippen LogP contribution in [0.4, 0.5) is 0 Å². The molecular weight excluding hydrogens is 250 g/mol. The van der Waals surface area contributed by atoms with E-state index in [9.17, 15) is 0 Å². The third-order valence-corrected chi connectivity index (χ3v) is 4.02. The quantitative estimate of drug-likeness (QED) is 0.930. The van der Waals surface area contributed by atoms with E-state index in [1.54, 1.807) is 0 Å². The van der Waals surface area contributed by atoms with Crippen molar-refractivity contribution in [2.45, 2.75) is 38.7 Å². The molecule has 0 aliphatic carbocycles. The van der Waals surface area contributed by atoms with Gasteiger partial charge in [0.15, 0.2) is 0 Å². The molecule has 4 nitrogen and oxygen atoms in total. The summed E-state index contributed by atoms with van der Waals surface area (Å²) in [4.78, 5) is 2.56. The summed E-state index contributed by atoms with van der Waals surface area (Å²) < 4.78 is 6.17. The summed E-state index contributed by atoms with van der Waals surface area (Å²) in [6.07, 6.45) is 6.95. The third kappa shape index (κ3) is 3.12. The number of aromatic nitrogens is 2. The summed E-state index contributed by atoms with van der Waals surface area (Å²) in [7, 11) is 0. The van der Waals surface area contributed by atoms with Crippen LogP contribution in [0, 0.1) is 0 Å². The number of benzene rings is 1. The van der Waals surface area contributed by atoms with Gasteiger partial charge in [-0.2, -0.15) is 5.10 Å². The lowest BCUT2D eigenvalue weighted by molar-refractivity contribution is 0.180. The summed E-state index contributed by atoms with van der Waals surface area (Å²) >= 11 is 0. The number of nitrogens with one attached hydrogen (secondary N) is 1. The molecule has 1 aliphatic heterocycles. The lowest BCUT2D eigenvalue weighted by Gasteiger charge is -2.19. The van der Waals surface area contributed by atoms with Gasteiger partial charge in [0.1, 0.15) is 5.75 Å². The molecule has 0 amide bonds. The zero-order chi connectivity index (χ0) is 13.8. The smallest absolute Gasteiger partial charge is 0.120 e. The minimum atomic E-state index is 0.348. The number of hydrogen-bond acceptors (Lipinski definition) is 3. The summed E-state index contributed by atoms with van der Waals surface area (Å²) in [6, 6.07) is 6.15. The van der Waals surface area contributed by atoms with Gasteiger partial charge in [0.2, 0.25) is 0 Å². The van der Waals surface area contributed by atoms with Crippen molar-refractivity contribution in [1.82, 2.24) is 15.1 Å². The first-order valence-electron chi connectivity index (χ1n) is 7.67. The predicted octanol–water partition coefficient (Wildman–Crippen LogP) is 3.21. The van der Waals surface area contributed by atoms with Gasteiger partial charge in [-0.1, -0.05) is 6.92 Å². The molecule has 1 N–H and O–H groups in total. The zero-order valence-electron chi connectivity index (χ0n) is 12.1. The van der Waals surface area contributed by atoms with Crippen molar-refractivity contribution >= 4 is 10.9 Å². The molecule has 3 rings (SSSR count). The van der Waals surface area contributed by atoms with E-state index in [1.807, 2.05) is 18.3 Å². The fourth-order valence-electron chi connectivity index (χ4n) is 2.97. The zero-order valence-corrected chi connectivity index (χ0v) is 12.1. The van der Waals surface area contributed by atoms with E-state index in [1.165, 1.54) is 25.9 Å². The first-order valence-corrected chi connectivity index (χ1v) is 7.67. The second-order valence-corrected chi connectivity index (χ2v) is 5.63. The highest BCUT2D eigenvalue weighted by molar-refractivity contribution is 5.79. The van der Waals surface area contributed by atoms with Crippen LogP contribution in [0.15, 0.2) is 24.4 Å². The Kier molecular flexibility index (Phi) is 4.21. The SMILES string of the molecule is CCCN1CCCC(Oc2ccc3[nH]ncc3c2)CC1. The average molecular weight is 273 g/mol. The molecule has 0 spiro atoms. The maximum Gasteiger partial charge on any atom is 0.120 e. The number of aromatic amines is 1. The van der Waals surface area contributed by atoms with E-state index in [4.69, 9.17) is 4.74 Å². The molecule has 0 radical (unpaired) electrons. The van der Waals surface area contributed by atoms with E-state index >= 15 is 0 Å². The van der Waals surface area contributed by atoms with E-state index < -0.39 is 0 Å². The van der Waals surface area contributed by atoms with Crippen LogP contribution >= 0.6 is 0 Å². The summed E-state index contributed by atoms with van der Waals surface area (Å²) in [5, 5.41) is 8.13. The van der Waals surface area contributed by atoms with E-state index in [0.29, 0.717) is 6.10 Å². The molecule has 1 aromatic carbocycles. The summed E-state index contributed by atoms with van der Waals surface area (Å²) in [6.45, 7) is 5.84. The number of hydrogen-bond donors (Lipinski definition) is 1. The monoisotopic (exact) mass is 273 g/mol. The van der Waals surface area contributed by atoms with Crippen molar-refractivity contribution in [1.29, 1.82) is 0 Å². The van der Waals surface area contributed by atoms with E-state index in [0.717, 1.165) is 36.0 Å². The molecule has 1 aromatic heterocycles. The Morgan fingerprint density at radius 3 is 3.20 bits per heavy atom. The molecule has 20 heavy (non-hydrogen) atoms. The van der Waals surface area contributed by atoms with Crippen molar-refractivity contribution in [2.75, 3.05) is 19.6 Å². The van der Waals surface area contributed by atoms with Crippen molar-refractivity contribution in [3.8, 4) is 5.75 Å². The molecule has 108 valence electrons. The highest BCUT2D eigenvalue weighted by Gasteiger charge is 2.17. The Balaban J connectivity index is 1.62. The highest BCUT2D eigenvalue weighted by Crippen LogP contribution is 2.23. The molecule has 2 aromatic rings. The largest absolute Gasteiger partial charge is 0.490 e. The van der Waals surface area contributed by atoms with Crippen molar-refractivity contribution < 1.29 is 4.74 Å². The Morgan fingerprint density at radius 1 is 1.35 bits per heavy atom. The molecular formula is C16H23N3O. The van der Waals surface area contributed by atoms with Gasteiger partial charge in [-0.05, 0) is 57.0 Å². The molecule has 1 fully saturated rings. The molecule has 0 saturated carbocycles. The van der Waals surface area contributed by atoms with Gasteiger partial charge in [-0.3, -0.25) is 5.10 Å². The number of likely N-dealkylation sites (tertiary alicyclic amines) is 1. The summed E-state index contributed by atoms with van der Waals surface area (Å²) in [5.41, 5.74) is 1.06. The molecule has 0 bridgehead atoms. The van der Waals surface area contributed by atoms with Gasteiger partial charge in [0.25, 0.3) is 0 Å². The Morgan fingerprint density at radius 2 is 2.30 bits per heavy atom. The third-order valence-electron chi connectivity index (χ3n) is 4.02. The maximum absolute atomic E-state index is 6.17. The van der Waals surface area contributed by atoms with Crippen LogP contribution in [0.3, 0.4) is 0 Å². The van der Waals surface area contributed by atoms with Gasteiger partial charge in [-0.25, -0.2) is 0 Å². The fourth-order valence-corrected chi connectivity index (χ4v) is 2.97. The number of ether oxygens (including phenoxy) is 1. The minimum Gasteiger partial charge on any atom is -0.490 e. The Bertz CT molecular complexity index is 551. The van der Waals surface area contributed by atoms with Gasteiger partial charge in [0.05, 0.1) is 17.8 Å². The molecule has 1 unspecified atom stereocenters. The number of H-pyrrole nitrogens is 1. The van der Waals surface area contributed by atoms with Crippen LogP contribution in [0.25, 0.3) is 10.9 Å². The predicted molar refractivity (Wildman–Crippen MR) is 81.1 cm³/mol. The minimum absolute atomic E-state index is 0.348.